The lowest BCUT2D eigenvalue weighted by Crippen LogP contribution is -2.01. The monoisotopic (exact) mass is 411 g/mol. The van der Waals surface area contributed by atoms with Crippen molar-refractivity contribution >= 4 is 16.9 Å². The summed E-state index contributed by atoms with van der Waals surface area (Å²) in [5.74, 6) is 0.654. The van der Waals surface area contributed by atoms with Crippen LogP contribution in [-0.4, -0.2) is 24.6 Å². The summed E-state index contributed by atoms with van der Waals surface area (Å²) in [7, 11) is 0. The Kier molecular flexibility index (Phi) is 4.65. The fourth-order valence-electron chi connectivity index (χ4n) is 3.58. The predicted molar refractivity (Wildman–Crippen MR) is 118 cm³/mol. The van der Waals surface area contributed by atoms with Gasteiger partial charge in [0.1, 0.15) is 17.5 Å². The van der Waals surface area contributed by atoms with Crippen molar-refractivity contribution in [3.05, 3.63) is 90.5 Å². The lowest BCUT2D eigenvalue weighted by molar-refractivity contribution is 0.282. The van der Waals surface area contributed by atoms with Gasteiger partial charge in [0.05, 0.1) is 35.1 Å². The molecular weight excluding hydrogens is 393 g/mol. The molecule has 3 N–H and O–H groups in total. The second-order valence-corrected chi connectivity index (χ2v) is 7.10. The lowest BCUT2D eigenvalue weighted by Gasteiger charge is -2.12. The van der Waals surface area contributed by atoms with E-state index in [1.807, 2.05) is 59.2 Å². The number of aromatic nitrogens is 4. The molecule has 0 fully saturated rings. The number of nitrogen functional groups attached to an aromatic ring is 1. The van der Waals surface area contributed by atoms with Crippen LogP contribution in [0.15, 0.2) is 79.1 Å². The summed E-state index contributed by atoms with van der Waals surface area (Å²) in [5, 5.41) is 9.40. The number of aliphatic hydroxyl groups is 1. The number of imidazole rings is 1. The van der Waals surface area contributed by atoms with Crippen LogP contribution >= 0.6 is 0 Å². The molecule has 0 bridgehead atoms. The lowest BCUT2D eigenvalue weighted by atomic mass is 10.1. The highest BCUT2D eigenvalue weighted by molar-refractivity contribution is 5.88. The van der Waals surface area contributed by atoms with Crippen molar-refractivity contribution in [1.29, 1.82) is 0 Å². The SMILES string of the molecule is Nc1ncccc1-c1nc2ccc(-c3ccc(F)cn3)cc2n1-c1ccc(CO)cc1. The maximum absolute atomic E-state index is 13.3. The van der Waals surface area contributed by atoms with Gasteiger partial charge in [-0.2, -0.15) is 0 Å². The molecule has 0 unspecified atom stereocenters. The normalized spacial score (nSPS) is 11.2. The fraction of sp³-hybridized carbons (Fsp3) is 0.0417. The minimum Gasteiger partial charge on any atom is -0.392 e. The Hall–Kier alpha value is -4.10. The Morgan fingerprint density at radius 2 is 1.81 bits per heavy atom. The molecular formula is C24H18FN5O. The van der Waals surface area contributed by atoms with Crippen molar-refractivity contribution in [3.8, 4) is 28.3 Å². The van der Waals surface area contributed by atoms with Crippen LogP contribution in [0.25, 0.3) is 39.4 Å². The van der Waals surface area contributed by atoms with Crippen LogP contribution < -0.4 is 5.73 Å². The quantitative estimate of drug-likeness (QED) is 0.459. The van der Waals surface area contributed by atoms with Crippen LogP contribution in [0.4, 0.5) is 10.2 Å². The van der Waals surface area contributed by atoms with Crippen molar-refractivity contribution in [1.82, 2.24) is 19.5 Å². The Labute approximate surface area is 177 Å². The minimum atomic E-state index is -0.381. The third kappa shape index (κ3) is 3.41. The molecule has 152 valence electrons. The third-order valence-electron chi connectivity index (χ3n) is 5.13. The molecule has 5 rings (SSSR count). The van der Waals surface area contributed by atoms with Crippen LogP contribution in [0.2, 0.25) is 0 Å². The number of halogens is 1. The number of pyridine rings is 2. The van der Waals surface area contributed by atoms with E-state index in [0.29, 0.717) is 22.9 Å². The number of rotatable bonds is 4. The summed E-state index contributed by atoms with van der Waals surface area (Å²) < 4.78 is 15.3. The van der Waals surface area contributed by atoms with E-state index in [9.17, 15) is 9.50 Å². The highest BCUT2D eigenvalue weighted by Crippen LogP contribution is 2.33. The van der Waals surface area contributed by atoms with Gasteiger partial charge in [-0.05, 0) is 54.1 Å². The number of benzene rings is 2. The maximum Gasteiger partial charge on any atom is 0.149 e. The molecule has 0 amide bonds. The standard InChI is InChI=1S/C24H18FN5O/c25-17-6-10-20(28-13-17)16-5-9-21-22(12-16)30(18-7-3-15(14-31)4-8-18)24(29-21)19-2-1-11-27-23(19)26/h1-13,31H,14H2,(H2,26,27). The van der Waals surface area contributed by atoms with Gasteiger partial charge in [0.15, 0.2) is 0 Å². The molecule has 3 heterocycles. The summed E-state index contributed by atoms with van der Waals surface area (Å²) >= 11 is 0. The van der Waals surface area contributed by atoms with Crippen molar-refractivity contribution in [2.24, 2.45) is 0 Å². The first-order valence-corrected chi connectivity index (χ1v) is 9.69. The summed E-state index contributed by atoms with van der Waals surface area (Å²) in [4.78, 5) is 13.2. The number of hydrogen-bond acceptors (Lipinski definition) is 5. The molecule has 6 nitrogen and oxygen atoms in total. The molecule has 5 aromatic rings. The molecule has 0 spiro atoms. The van der Waals surface area contributed by atoms with Gasteiger partial charge in [-0.1, -0.05) is 18.2 Å². The predicted octanol–water partition coefficient (Wildman–Crippen LogP) is 4.36. The van der Waals surface area contributed by atoms with Gasteiger partial charge < -0.3 is 10.8 Å². The summed E-state index contributed by atoms with van der Waals surface area (Å²) in [6.45, 7) is -0.0340. The summed E-state index contributed by atoms with van der Waals surface area (Å²) in [6.07, 6.45) is 2.84. The van der Waals surface area contributed by atoms with E-state index in [1.165, 1.54) is 12.3 Å². The zero-order valence-electron chi connectivity index (χ0n) is 16.4. The number of aliphatic hydroxyl groups excluding tert-OH is 1. The van der Waals surface area contributed by atoms with E-state index >= 15 is 0 Å². The van der Waals surface area contributed by atoms with Gasteiger partial charge in [-0.3, -0.25) is 9.55 Å². The largest absolute Gasteiger partial charge is 0.392 e. The molecule has 7 heteroatoms. The molecule has 0 aliphatic heterocycles. The van der Waals surface area contributed by atoms with Crippen LogP contribution in [-0.2, 0) is 6.61 Å². The van der Waals surface area contributed by atoms with E-state index in [2.05, 4.69) is 9.97 Å². The Morgan fingerprint density at radius 1 is 0.968 bits per heavy atom. The van der Waals surface area contributed by atoms with Gasteiger partial charge in [0.25, 0.3) is 0 Å². The first-order chi connectivity index (χ1) is 15.1. The van der Waals surface area contributed by atoms with Crippen molar-refractivity contribution in [2.75, 3.05) is 5.73 Å². The Bertz CT molecular complexity index is 1380. The van der Waals surface area contributed by atoms with E-state index in [0.717, 1.165) is 27.8 Å². The van der Waals surface area contributed by atoms with Crippen LogP contribution in [0, 0.1) is 5.82 Å². The highest BCUT2D eigenvalue weighted by atomic mass is 19.1. The molecule has 0 atom stereocenters. The Balaban J connectivity index is 1.77. The molecule has 2 aromatic carbocycles. The molecule has 0 aliphatic carbocycles. The zero-order valence-corrected chi connectivity index (χ0v) is 16.4. The summed E-state index contributed by atoms with van der Waals surface area (Å²) in [6, 6.07) is 20.1. The Morgan fingerprint density at radius 3 is 2.52 bits per heavy atom. The smallest absolute Gasteiger partial charge is 0.149 e. The third-order valence-corrected chi connectivity index (χ3v) is 5.13. The topological polar surface area (TPSA) is 89.9 Å². The summed E-state index contributed by atoms with van der Waals surface area (Å²) in [5.41, 5.74) is 11.7. The second-order valence-electron chi connectivity index (χ2n) is 7.10. The zero-order chi connectivity index (χ0) is 21.4. The maximum atomic E-state index is 13.3. The average molecular weight is 411 g/mol. The number of fused-ring (bicyclic) bond motifs is 1. The number of anilines is 1. The average Bonchev–Trinajstić information content (AvgIpc) is 3.18. The molecule has 3 aromatic heterocycles. The van der Waals surface area contributed by atoms with Gasteiger partial charge in [0, 0.05) is 17.4 Å². The molecule has 0 saturated heterocycles. The van der Waals surface area contributed by atoms with E-state index < -0.39 is 0 Å². The second kappa shape index (κ2) is 7.62. The van der Waals surface area contributed by atoms with Crippen LogP contribution in [0.5, 0.6) is 0 Å². The number of hydrogen-bond donors (Lipinski definition) is 2. The van der Waals surface area contributed by atoms with E-state index in [1.54, 1.807) is 12.3 Å². The highest BCUT2D eigenvalue weighted by Gasteiger charge is 2.17. The first-order valence-electron chi connectivity index (χ1n) is 9.69. The van der Waals surface area contributed by atoms with Crippen LogP contribution in [0.3, 0.4) is 0 Å². The molecule has 31 heavy (non-hydrogen) atoms. The fourth-order valence-corrected chi connectivity index (χ4v) is 3.58. The molecule has 0 saturated carbocycles. The first kappa shape index (κ1) is 18.9. The minimum absolute atomic E-state index is 0.0340. The van der Waals surface area contributed by atoms with Gasteiger partial charge in [-0.15, -0.1) is 0 Å². The number of nitrogens with zero attached hydrogens (tertiary/aromatic N) is 4. The molecule has 0 radical (unpaired) electrons. The number of nitrogens with two attached hydrogens (primary N) is 1. The molecule has 0 aliphatic rings. The van der Waals surface area contributed by atoms with Crippen molar-refractivity contribution < 1.29 is 9.50 Å². The van der Waals surface area contributed by atoms with Gasteiger partial charge in [0.2, 0.25) is 0 Å². The van der Waals surface area contributed by atoms with Crippen LogP contribution in [0.1, 0.15) is 5.56 Å². The van der Waals surface area contributed by atoms with Crippen molar-refractivity contribution in [3.63, 3.8) is 0 Å². The van der Waals surface area contributed by atoms with Gasteiger partial charge in [-0.25, -0.2) is 14.4 Å². The van der Waals surface area contributed by atoms with Crippen molar-refractivity contribution in [2.45, 2.75) is 6.61 Å². The van der Waals surface area contributed by atoms with E-state index in [4.69, 9.17) is 10.7 Å². The van der Waals surface area contributed by atoms with Gasteiger partial charge >= 0.3 is 0 Å². The van der Waals surface area contributed by atoms with E-state index in [-0.39, 0.29) is 12.4 Å².